The molecule has 1 aliphatic carbocycles. The van der Waals surface area contributed by atoms with Crippen LogP contribution in [0.1, 0.15) is 49.3 Å². The van der Waals surface area contributed by atoms with Gasteiger partial charge in [0.2, 0.25) is 10.0 Å². The number of hydrogen-bond donors (Lipinski definition) is 3. The number of rotatable bonds is 9. The molecule has 1 unspecified atom stereocenters. The molecule has 3 N–H and O–H groups in total. The van der Waals surface area contributed by atoms with Gasteiger partial charge in [0.05, 0.1) is 11.4 Å². The molecule has 0 aliphatic heterocycles. The summed E-state index contributed by atoms with van der Waals surface area (Å²) in [6, 6.07) is 15.6. The fourth-order valence-corrected chi connectivity index (χ4v) is 4.34. The average Bonchev–Trinajstić information content (AvgIpc) is 3.54. The number of nitrogens with one attached hydrogen (secondary N) is 3. The molecule has 162 valence electrons. The van der Waals surface area contributed by atoms with Gasteiger partial charge in [0, 0.05) is 19.1 Å². The van der Waals surface area contributed by atoms with Gasteiger partial charge in [0.1, 0.15) is 0 Å². The molecule has 0 spiro atoms. The predicted octanol–water partition coefficient (Wildman–Crippen LogP) is 3.29. The summed E-state index contributed by atoms with van der Waals surface area (Å²) in [4.78, 5) is 4.95. The minimum Gasteiger partial charge on any atom is -0.357 e. The third-order valence-electron chi connectivity index (χ3n) is 5.12. The van der Waals surface area contributed by atoms with E-state index in [2.05, 4.69) is 58.5 Å². The van der Waals surface area contributed by atoms with Gasteiger partial charge in [-0.15, -0.1) is 0 Å². The van der Waals surface area contributed by atoms with E-state index in [-0.39, 0.29) is 6.04 Å². The Morgan fingerprint density at radius 3 is 2.33 bits per heavy atom. The molecule has 30 heavy (non-hydrogen) atoms. The lowest BCUT2D eigenvalue weighted by Gasteiger charge is -2.16. The number of benzene rings is 2. The molecule has 6 nitrogen and oxygen atoms in total. The molecular weight excluding hydrogens is 396 g/mol. The maximum atomic E-state index is 12.3. The van der Waals surface area contributed by atoms with Crippen LogP contribution in [-0.4, -0.2) is 33.5 Å². The fraction of sp³-hybridized carbons (Fsp3) is 0.435. The van der Waals surface area contributed by atoms with Gasteiger partial charge in [0.25, 0.3) is 0 Å². The van der Waals surface area contributed by atoms with Gasteiger partial charge in [-0.25, -0.2) is 18.1 Å². The lowest BCUT2D eigenvalue weighted by atomic mass is 10.0. The smallest absolute Gasteiger partial charge is 0.240 e. The Bertz CT molecular complexity index is 950. The first kappa shape index (κ1) is 22.3. The standard InChI is InChI=1S/C23H32N4O2S/c1-4-24-23(25-15-18(3)20-9-5-17(2)6-10-20)26-16-19-7-13-22(14-8-19)30(28,29)27-21-11-12-21/h5-10,13-14,18,21,27H,4,11-12,15-16H2,1-3H3,(H2,24,25,26). The van der Waals surface area contributed by atoms with E-state index in [1.807, 2.05) is 19.1 Å². The van der Waals surface area contributed by atoms with Gasteiger partial charge in [0.15, 0.2) is 5.96 Å². The second-order valence-electron chi connectivity index (χ2n) is 7.93. The third-order valence-corrected chi connectivity index (χ3v) is 6.66. The van der Waals surface area contributed by atoms with Crippen molar-refractivity contribution in [3.05, 3.63) is 65.2 Å². The molecule has 0 amide bonds. The molecule has 0 bridgehead atoms. The Balaban J connectivity index is 1.57. The second-order valence-corrected chi connectivity index (χ2v) is 9.64. The summed E-state index contributed by atoms with van der Waals surface area (Å²) in [5.74, 6) is 1.11. The molecule has 1 fully saturated rings. The summed E-state index contributed by atoms with van der Waals surface area (Å²) < 4.78 is 27.2. The summed E-state index contributed by atoms with van der Waals surface area (Å²) in [7, 11) is -3.41. The van der Waals surface area contributed by atoms with Gasteiger partial charge in [-0.2, -0.15) is 0 Å². The van der Waals surface area contributed by atoms with Gasteiger partial charge in [-0.1, -0.05) is 48.9 Å². The zero-order valence-corrected chi connectivity index (χ0v) is 18.8. The summed E-state index contributed by atoms with van der Waals surface area (Å²) in [5, 5.41) is 6.67. The van der Waals surface area contributed by atoms with Crippen LogP contribution in [0.2, 0.25) is 0 Å². The summed E-state index contributed by atoms with van der Waals surface area (Å²) in [6.45, 7) is 8.34. The van der Waals surface area contributed by atoms with Crippen molar-refractivity contribution in [2.45, 2.75) is 57.0 Å². The van der Waals surface area contributed by atoms with Crippen molar-refractivity contribution in [3.8, 4) is 0 Å². The molecule has 0 radical (unpaired) electrons. The Labute approximate surface area is 180 Å². The fourth-order valence-electron chi connectivity index (χ4n) is 3.04. The topological polar surface area (TPSA) is 82.6 Å². The van der Waals surface area contributed by atoms with E-state index >= 15 is 0 Å². The first-order valence-electron chi connectivity index (χ1n) is 10.6. The number of guanidine groups is 1. The molecule has 2 aromatic carbocycles. The molecule has 0 saturated heterocycles. The number of nitrogens with zero attached hydrogens (tertiary/aromatic N) is 1. The lowest BCUT2D eigenvalue weighted by molar-refractivity contribution is 0.581. The number of sulfonamides is 1. The predicted molar refractivity (Wildman–Crippen MR) is 122 cm³/mol. The van der Waals surface area contributed by atoms with Crippen molar-refractivity contribution in [3.63, 3.8) is 0 Å². The van der Waals surface area contributed by atoms with Crippen molar-refractivity contribution in [1.82, 2.24) is 15.4 Å². The van der Waals surface area contributed by atoms with E-state index in [1.54, 1.807) is 12.1 Å². The highest BCUT2D eigenvalue weighted by molar-refractivity contribution is 7.89. The van der Waals surface area contributed by atoms with E-state index in [1.165, 1.54) is 11.1 Å². The Morgan fingerprint density at radius 1 is 1.07 bits per heavy atom. The van der Waals surface area contributed by atoms with Crippen LogP contribution >= 0.6 is 0 Å². The van der Waals surface area contributed by atoms with Gasteiger partial charge < -0.3 is 10.6 Å². The van der Waals surface area contributed by atoms with Crippen LogP contribution in [0.5, 0.6) is 0 Å². The molecule has 3 rings (SSSR count). The highest BCUT2D eigenvalue weighted by Crippen LogP contribution is 2.22. The molecule has 1 saturated carbocycles. The van der Waals surface area contributed by atoms with E-state index < -0.39 is 10.0 Å². The van der Waals surface area contributed by atoms with Crippen LogP contribution < -0.4 is 15.4 Å². The maximum Gasteiger partial charge on any atom is 0.240 e. The van der Waals surface area contributed by atoms with Crippen molar-refractivity contribution in [1.29, 1.82) is 0 Å². The quantitative estimate of drug-likeness (QED) is 0.423. The van der Waals surface area contributed by atoms with E-state index in [9.17, 15) is 8.42 Å². The van der Waals surface area contributed by atoms with Crippen LogP contribution in [-0.2, 0) is 16.6 Å². The molecule has 0 aromatic heterocycles. The zero-order chi connectivity index (χ0) is 21.6. The Hall–Kier alpha value is -2.38. The SMILES string of the molecule is CCNC(=NCc1ccc(S(=O)(=O)NC2CC2)cc1)NCC(C)c1ccc(C)cc1. The van der Waals surface area contributed by atoms with E-state index in [0.29, 0.717) is 17.4 Å². The summed E-state index contributed by atoms with van der Waals surface area (Å²) >= 11 is 0. The van der Waals surface area contributed by atoms with Crippen LogP contribution in [0.25, 0.3) is 0 Å². The molecule has 7 heteroatoms. The van der Waals surface area contributed by atoms with Crippen molar-refractivity contribution < 1.29 is 8.42 Å². The maximum absolute atomic E-state index is 12.3. The third kappa shape index (κ3) is 6.57. The highest BCUT2D eigenvalue weighted by Gasteiger charge is 2.27. The van der Waals surface area contributed by atoms with E-state index in [4.69, 9.17) is 0 Å². The summed E-state index contributed by atoms with van der Waals surface area (Å²) in [6.07, 6.45) is 1.85. The van der Waals surface area contributed by atoms with Crippen LogP contribution in [0.15, 0.2) is 58.4 Å². The monoisotopic (exact) mass is 428 g/mol. The lowest BCUT2D eigenvalue weighted by Crippen LogP contribution is -2.39. The number of aliphatic imine (C=N–C) groups is 1. The molecule has 1 atom stereocenters. The van der Waals surface area contributed by atoms with Gasteiger partial charge in [-0.05, 0) is 55.9 Å². The van der Waals surface area contributed by atoms with Gasteiger partial charge in [-0.3, -0.25) is 0 Å². The second kappa shape index (κ2) is 10.1. The zero-order valence-electron chi connectivity index (χ0n) is 18.0. The van der Waals surface area contributed by atoms with Crippen molar-refractivity contribution in [2.24, 2.45) is 4.99 Å². The largest absolute Gasteiger partial charge is 0.357 e. The Morgan fingerprint density at radius 2 is 1.73 bits per heavy atom. The molecule has 2 aromatic rings. The Kier molecular flexibility index (Phi) is 7.50. The van der Waals surface area contributed by atoms with Crippen LogP contribution in [0.3, 0.4) is 0 Å². The van der Waals surface area contributed by atoms with Crippen molar-refractivity contribution in [2.75, 3.05) is 13.1 Å². The van der Waals surface area contributed by atoms with Gasteiger partial charge >= 0.3 is 0 Å². The van der Waals surface area contributed by atoms with E-state index in [0.717, 1.165) is 37.5 Å². The van der Waals surface area contributed by atoms with Crippen molar-refractivity contribution >= 4 is 16.0 Å². The first-order chi connectivity index (χ1) is 14.4. The highest BCUT2D eigenvalue weighted by atomic mass is 32.2. The van der Waals surface area contributed by atoms with Crippen LogP contribution in [0.4, 0.5) is 0 Å². The summed E-state index contributed by atoms with van der Waals surface area (Å²) in [5.41, 5.74) is 3.51. The average molecular weight is 429 g/mol. The number of aryl methyl sites for hydroxylation is 1. The first-order valence-corrected chi connectivity index (χ1v) is 12.1. The minimum absolute atomic E-state index is 0.107. The molecule has 1 aliphatic rings. The number of hydrogen-bond acceptors (Lipinski definition) is 3. The molecular formula is C23H32N4O2S. The minimum atomic E-state index is -3.41. The normalized spacial score (nSPS) is 15.6. The molecule has 0 heterocycles. The van der Waals surface area contributed by atoms with Crippen LogP contribution in [0, 0.1) is 6.92 Å².